The Labute approximate surface area is 431 Å². The fourth-order valence-corrected chi connectivity index (χ4v) is 10.1. The number of hydrogen-bond donors (Lipinski definition) is 0. The van der Waals surface area contributed by atoms with Crippen LogP contribution in [-0.4, -0.2) is 82.0 Å². The summed E-state index contributed by atoms with van der Waals surface area (Å²) in [4.78, 5) is 29.0. The lowest BCUT2D eigenvalue weighted by atomic mass is 10.0. The van der Waals surface area contributed by atoms with Gasteiger partial charge in [0.25, 0.3) is 7.82 Å². The summed E-state index contributed by atoms with van der Waals surface area (Å²) in [7, 11) is 1.41. The molecule has 0 rings (SSSR count). The van der Waals surface area contributed by atoms with E-state index in [1.54, 1.807) is 0 Å². The molecule has 1 amide bonds. The Morgan fingerprint density at radius 1 is 0.493 bits per heavy atom. The zero-order chi connectivity index (χ0) is 50.6. The molecule has 0 radical (unpaired) electrons. The minimum atomic E-state index is -4.61. The van der Waals surface area contributed by atoms with Crippen molar-refractivity contribution in [1.82, 2.24) is 4.90 Å². The Hall–Kier alpha value is -0.760. The zero-order valence-electron chi connectivity index (χ0n) is 47.4. The summed E-state index contributed by atoms with van der Waals surface area (Å²) < 4.78 is 31.1. The van der Waals surface area contributed by atoms with E-state index in [0.717, 1.165) is 51.4 Å². The van der Waals surface area contributed by atoms with E-state index in [2.05, 4.69) is 32.9 Å². The number of nitrogens with zero attached hydrogens (tertiary/aromatic N) is 2. The number of phosphoric acid groups is 1. The van der Waals surface area contributed by atoms with Gasteiger partial charge in [0.15, 0.2) is 0 Å². The third-order valence-corrected chi connectivity index (χ3v) is 15.0. The second kappa shape index (κ2) is 52.1. The molecule has 2 atom stereocenters. The first-order chi connectivity index (χ1) is 33.5. The quantitative estimate of drug-likeness (QED) is 0.0261. The number of carbonyl (C=O) groups is 1. The molecule has 0 heterocycles. The van der Waals surface area contributed by atoms with Gasteiger partial charge < -0.3 is 28.1 Å². The molecule has 0 aliphatic rings. The molecule has 0 fully saturated rings. The van der Waals surface area contributed by atoms with E-state index in [-0.39, 0.29) is 25.7 Å². The number of phosphoric ester groups is 1. The number of likely N-dealkylation sites (N-methyl/N-ethyl adjacent to an activating group) is 1. The molecule has 0 bridgehead atoms. The highest BCUT2D eigenvalue weighted by Crippen LogP contribution is 2.40. The predicted molar refractivity (Wildman–Crippen MR) is 298 cm³/mol. The lowest BCUT2D eigenvalue weighted by Gasteiger charge is -2.33. The molecule has 69 heavy (non-hydrogen) atoms. The molecule has 0 aromatic rings. The van der Waals surface area contributed by atoms with E-state index in [1.165, 1.54) is 225 Å². The van der Waals surface area contributed by atoms with Crippen LogP contribution in [0, 0.1) is 0 Å². The van der Waals surface area contributed by atoms with Crippen LogP contribution in [0.3, 0.4) is 0 Å². The lowest BCUT2D eigenvalue weighted by molar-refractivity contribution is -0.870. The number of quaternary nitrogens is 1. The summed E-state index contributed by atoms with van der Waals surface area (Å²) in [6.45, 7) is 8.93. The molecule has 0 N–H and O–H groups in total. The van der Waals surface area contributed by atoms with Crippen LogP contribution in [0.2, 0.25) is 0 Å². The zero-order valence-corrected chi connectivity index (χ0v) is 48.3. The fraction of sp³-hybridized carbons (Fsp3) is 0.950. The highest BCUT2D eigenvalue weighted by atomic mass is 31.2. The van der Waals surface area contributed by atoms with Gasteiger partial charge in [-0.1, -0.05) is 264 Å². The molecule has 8 nitrogen and oxygen atoms in total. The molecule has 0 aromatic heterocycles. The van der Waals surface area contributed by atoms with E-state index < -0.39 is 13.9 Å². The van der Waals surface area contributed by atoms with Gasteiger partial charge in [0.05, 0.1) is 27.7 Å². The van der Waals surface area contributed by atoms with Crippen LogP contribution in [0.15, 0.2) is 12.2 Å². The fourth-order valence-electron chi connectivity index (χ4n) is 9.29. The third kappa shape index (κ3) is 53.4. The van der Waals surface area contributed by atoms with Gasteiger partial charge in [0.2, 0.25) is 5.91 Å². The number of ether oxygens (including phenoxy) is 1. The molecular weight excluding hydrogens is 876 g/mol. The van der Waals surface area contributed by atoms with Crippen LogP contribution < -0.4 is 4.89 Å². The summed E-state index contributed by atoms with van der Waals surface area (Å²) in [5.74, 6) is 0.0980. The van der Waals surface area contributed by atoms with Crippen LogP contribution in [0.25, 0.3) is 0 Å². The first kappa shape index (κ1) is 68.2. The van der Waals surface area contributed by atoms with Crippen molar-refractivity contribution < 1.29 is 32.5 Å². The van der Waals surface area contributed by atoms with Gasteiger partial charge in [-0.15, -0.1) is 0 Å². The van der Waals surface area contributed by atoms with Crippen molar-refractivity contribution in [3.05, 3.63) is 12.2 Å². The SMILES string of the molecule is CCCCCCCC/C=C\CCCCCCCC(=O)N(CCCCCCCCCCCCCCCCCC)CC(COCCCCCCCCCCCCCCCC)OP(=O)([O-])OCC[N+](C)(C)C. The van der Waals surface area contributed by atoms with Crippen molar-refractivity contribution >= 4 is 13.7 Å². The Morgan fingerprint density at radius 3 is 1.23 bits per heavy atom. The third-order valence-electron chi connectivity index (χ3n) is 13.9. The maximum atomic E-state index is 13.9. The average molecular weight is 998 g/mol. The topological polar surface area (TPSA) is 88.1 Å². The normalized spacial score (nSPS) is 13.4. The summed E-state index contributed by atoms with van der Waals surface area (Å²) in [5.41, 5.74) is 0. The molecule has 0 aliphatic heterocycles. The van der Waals surface area contributed by atoms with Crippen LogP contribution in [0.1, 0.15) is 303 Å². The smallest absolute Gasteiger partial charge is 0.268 e. The number of amides is 1. The van der Waals surface area contributed by atoms with Crippen molar-refractivity contribution in [2.45, 2.75) is 309 Å². The second-order valence-electron chi connectivity index (χ2n) is 22.2. The molecular formula is C60H121N2O6P. The molecule has 0 saturated heterocycles. The highest BCUT2D eigenvalue weighted by molar-refractivity contribution is 7.45. The van der Waals surface area contributed by atoms with Crippen molar-refractivity contribution in [2.24, 2.45) is 0 Å². The summed E-state index contributed by atoms with van der Waals surface area (Å²) in [5, 5.41) is 0. The van der Waals surface area contributed by atoms with E-state index in [1.807, 2.05) is 26.0 Å². The number of allylic oxidation sites excluding steroid dienone is 2. The Balaban J connectivity index is 5.09. The molecule has 0 saturated carbocycles. The summed E-state index contributed by atoms with van der Waals surface area (Å²) in [6.07, 6.45) is 59.3. The van der Waals surface area contributed by atoms with E-state index >= 15 is 0 Å². The number of carbonyl (C=O) groups excluding carboxylic acids is 1. The lowest BCUT2D eigenvalue weighted by Crippen LogP contribution is -2.41. The minimum Gasteiger partial charge on any atom is -0.756 e. The molecule has 9 heteroatoms. The second-order valence-corrected chi connectivity index (χ2v) is 23.5. The minimum absolute atomic E-state index is 0.0498. The van der Waals surface area contributed by atoms with Crippen molar-refractivity contribution in [2.75, 3.05) is 60.6 Å². The highest BCUT2D eigenvalue weighted by Gasteiger charge is 2.25. The van der Waals surface area contributed by atoms with Crippen LogP contribution in [-0.2, 0) is 23.1 Å². The summed E-state index contributed by atoms with van der Waals surface area (Å²) >= 11 is 0. The Morgan fingerprint density at radius 2 is 0.841 bits per heavy atom. The number of rotatable bonds is 57. The van der Waals surface area contributed by atoms with Crippen LogP contribution >= 0.6 is 7.82 Å². The van der Waals surface area contributed by atoms with Crippen LogP contribution in [0.4, 0.5) is 0 Å². The van der Waals surface area contributed by atoms with Crippen molar-refractivity contribution in [3.63, 3.8) is 0 Å². The van der Waals surface area contributed by atoms with E-state index in [0.29, 0.717) is 30.6 Å². The predicted octanol–water partition coefficient (Wildman–Crippen LogP) is 18.2. The molecule has 0 spiro atoms. The van der Waals surface area contributed by atoms with Gasteiger partial charge in [-0.05, 0) is 44.9 Å². The summed E-state index contributed by atoms with van der Waals surface area (Å²) in [6, 6.07) is 0. The molecule has 412 valence electrons. The largest absolute Gasteiger partial charge is 0.756 e. The maximum absolute atomic E-state index is 13.9. The van der Waals surface area contributed by atoms with Crippen LogP contribution in [0.5, 0.6) is 0 Å². The molecule has 2 unspecified atom stereocenters. The van der Waals surface area contributed by atoms with Gasteiger partial charge in [-0.2, -0.15) is 0 Å². The first-order valence-electron chi connectivity index (χ1n) is 30.5. The number of hydrogen-bond acceptors (Lipinski definition) is 6. The van der Waals surface area contributed by atoms with E-state index in [4.69, 9.17) is 13.8 Å². The Bertz CT molecular complexity index is 1130. The van der Waals surface area contributed by atoms with Gasteiger partial charge >= 0.3 is 0 Å². The van der Waals surface area contributed by atoms with Gasteiger partial charge in [-0.25, -0.2) is 0 Å². The first-order valence-corrected chi connectivity index (χ1v) is 32.0. The van der Waals surface area contributed by atoms with Gasteiger partial charge in [-0.3, -0.25) is 9.36 Å². The van der Waals surface area contributed by atoms with E-state index in [9.17, 15) is 14.3 Å². The van der Waals surface area contributed by atoms with Gasteiger partial charge in [0, 0.05) is 26.1 Å². The standard InChI is InChI=1S/C60H121N2O6P/c1-7-10-13-16-19-22-25-28-31-33-35-38-41-44-47-50-53-61(60(63)52-49-46-43-40-37-34-32-29-26-23-20-17-14-11-8-2)57-59(68-69(64,65)67-56-54-62(4,5)6)58-66-55-51-48-45-42-39-36-30-27-24-21-18-15-12-9-3/h29,32,59H,7-28,30-31,33-58H2,1-6H3/b32-29-. The maximum Gasteiger partial charge on any atom is 0.268 e. The van der Waals surface area contributed by atoms with Crippen molar-refractivity contribution in [1.29, 1.82) is 0 Å². The Kier molecular flexibility index (Phi) is 51.5. The van der Waals surface area contributed by atoms with Crippen molar-refractivity contribution in [3.8, 4) is 0 Å². The van der Waals surface area contributed by atoms with Gasteiger partial charge in [0.1, 0.15) is 19.3 Å². The monoisotopic (exact) mass is 997 g/mol. The number of unbranched alkanes of at least 4 members (excludes halogenated alkanes) is 39. The average Bonchev–Trinajstić information content (AvgIpc) is 3.31. The molecule has 0 aliphatic carbocycles. The molecule has 0 aromatic carbocycles.